The molecule has 1 aromatic heterocycles. The number of nitrogens with zero attached hydrogens (tertiary/aromatic N) is 3. The molecule has 22 heavy (non-hydrogen) atoms. The molecule has 1 amide bonds. The molecule has 0 spiro atoms. The maximum atomic E-state index is 13.5. The molecule has 6 heteroatoms. The highest BCUT2D eigenvalue weighted by Crippen LogP contribution is 2.27. The lowest BCUT2D eigenvalue weighted by Gasteiger charge is -2.32. The first kappa shape index (κ1) is 15.3. The van der Waals surface area contributed by atoms with Gasteiger partial charge in [-0.15, -0.1) is 0 Å². The largest absolute Gasteiger partial charge is 0.342 e. The maximum absolute atomic E-state index is 13.5. The third-order valence-electron chi connectivity index (χ3n) is 4.18. The molecule has 0 aliphatic carbocycles. The van der Waals surface area contributed by atoms with Gasteiger partial charge in [0.1, 0.15) is 5.82 Å². The Kier molecular flexibility index (Phi) is 4.66. The number of amides is 1. The fraction of sp³-hybridized carbons (Fsp3) is 0.500. The second kappa shape index (κ2) is 6.69. The third-order valence-corrected chi connectivity index (χ3v) is 5.04. The van der Waals surface area contributed by atoms with Crippen molar-refractivity contribution >= 4 is 28.7 Å². The summed E-state index contributed by atoms with van der Waals surface area (Å²) in [7, 11) is 0. The Hall–Kier alpha value is -1.56. The number of thioether (sulfide) groups is 1. The molecule has 118 valence electrons. The summed E-state index contributed by atoms with van der Waals surface area (Å²) in [6.07, 6.45) is 3.58. The van der Waals surface area contributed by atoms with Crippen LogP contribution in [0.3, 0.4) is 0 Å². The van der Waals surface area contributed by atoms with Crippen LogP contribution in [0.2, 0.25) is 0 Å². The molecule has 0 unspecified atom stereocenters. The van der Waals surface area contributed by atoms with Gasteiger partial charge in [0.25, 0.3) is 0 Å². The van der Waals surface area contributed by atoms with E-state index in [1.807, 2.05) is 4.90 Å². The van der Waals surface area contributed by atoms with Gasteiger partial charge >= 0.3 is 0 Å². The number of imidazole rings is 1. The number of rotatable bonds is 4. The minimum atomic E-state index is -0.238. The van der Waals surface area contributed by atoms with Crippen LogP contribution in [0.15, 0.2) is 24.5 Å². The summed E-state index contributed by atoms with van der Waals surface area (Å²) >= 11 is 1.66. The normalized spacial score (nSPS) is 16.4. The van der Waals surface area contributed by atoms with Gasteiger partial charge in [-0.3, -0.25) is 4.79 Å². The van der Waals surface area contributed by atoms with E-state index >= 15 is 0 Å². The Balaban J connectivity index is 1.68. The van der Waals surface area contributed by atoms with Crippen LogP contribution in [0.25, 0.3) is 11.0 Å². The van der Waals surface area contributed by atoms with Crippen LogP contribution in [-0.2, 0) is 4.79 Å². The van der Waals surface area contributed by atoms with Gasteiger partial charge < -0.3 is 9.47 Å². The summed E-state index contributed by atoms with van der Waals surface area (Å²) in [5.41, 5.74) is 1.66. The van der Waals surface area contributed by atoms with E-state index in [1.54, 1.807) is 24.2 Å². The summed E-state index contributed by atoms with van der Waals surface area (Å²) in [4.78, 5) is 18.3. The number of aromatic nitrogens is 2. The van der Waals surface area contributed by atoms with Gasteiger partial charge in [-0.05, 0) is 36.8 Å². The number of carbonyl (C=O) groups excluding carboxylic acids is 1. The van der Waals surface area contributed by atoms with Gasteiger partial charge in [-0.1, -0.05) is 6.92 Å². The van der Waals surface area contributed by atoms with Gasteiger partial charge in [0, 0.05) is 19.1 Å². The van der Waals surface area contributed by atoms with Gasteiger partial charge in [0.2, 0.25) is 5.91 Å². The lowest BCUT2D eigenvalue weighted by Crippen LogP contribution is -2.39. The fourth-order valence-electron chi connectivity index (χ4n) is 2.96. The van der Waals surface area contributed by atoms with Crippen LogP contribution < -0.4 is 0 Å². The first-order valence-electron chi connectivity index (χ1n) is 7.66. The number of carbonyl (C=O) groups is 1. The van der Waals surface area contributed by atoms with E-state index < -0.39 is 0 Å². The average molecular weight is 321 g/mol. The Morgan fingerprint density at radius 3 is 2.91 bits per heavy atom. The van der Waals surface area contributed by atoms with E-state index in [0.29, 0.717) is 5.75 Å². The molecule has 1 aromatic carbocycles. The summed E-state index contributed by atoms with van der Waals surface area (Å²) in [6.45, 7) is 3.60. The molecule has 2 heterocycles. The summed E-state index contributed by atoms with van der Waals surface area (Å²) in [5.74, 6) is 1.53. The second-order valence-electron chi connectivity index (χ2n) is 5.53. The first-order valence-corrected chi connectivity index (χ1v) is 8.82. The van der Waals surface area contributed by atoms with Crippen molar-refractivity contribution in [1.29, 1.82) is 0 Å². The highest BCUT2D eigenvalue weighted by Gasteiger charge is 2.24. The van der Waals surface area contributed by atoms with Crippen molar-refractivity contribution in [2.45, 2.75) is 25.8 Å². The van der Waals surface area contributed by atoms with E-state index in [0.717, 1.165) is 42.7 Å². The van der Waals surface area contributed by atoms with Crippen molar-refractivity contribution in [3.8, 4) is 0 Å². The van der Waals surface area contributed by atoms with E-state index in [9.17, 15) is 9.18 Å². The average Bonchev–Trinajstić information content (AvgIpc) is 2.95. The van der Waals surface area contributed by atoms with E-state index in [1.165, 1.54) is 12.1 Å². The number of hydrogen-bond donors (Lipinski definition) is 0. The quantitative estimate of drug-likeness (QED) is 0.868. The predicted octanol–water partition coefficient (Wildman–Crippen LogP) is 3.09. The maximum Gasteiger partial charge on any atom is 0.232 e. The smallest absolute Gasteiger partial charge is 0.232 e. The molecule has 0 bridgehead atoms. The van der Waals surface area contributed by atoms with Crippen molar-refractivity contribution < 1.29 is 9.18 Å². The molecule has 0 atom stereocenters. The zero-order chi connectivity index (χ0) is 15.5. The summed E-state index contributed by atoms with van der Waals surface area (Å²) in [6, 6.07) is 4.97. The van der Waals surface area contributed by atoms with Gasteiger partial charge in [-0.25, -0.2) is 9.37 Å². The zero-order valence-corrected chi connectivity index (χ0v) is 13.5. The van der Waals surface area contributed by atoms with Crippen LogP contribution in [0.4, 0.5) is 4.39 Å². The number of piperidine rings is 1. The van der Waals surface area contributed by atoms with Crippen LogP contribution in [0.5, 0.6) is 0 Å². The van der Waals surface area contributed by atoms with Gasteiger partial charge in [-0.2, -0.15) is 11.8 Å². The summed E-state index contributed by atoms with van der Waals surface area (Å²) < 4.78 is 15.5. The highest BCUT2D eigenvalue weighted by molar-refractivity contribution is 7.99. The van der Waals surface area contributed by atoms with Crippen LogP contribution in [-0.4, -0.2) is 45.0 Å². The molecule has 0 radical (unpaired) electrons. The standard InChI is InChI=1S/C16H20FN3OS/c1-2-22-10-16(21)19-7-5-13(6-8-19)20-11-18-14-4-3-12(17)9-15(14)20/h3-4,9,11,13H,2,5-8,10H2,1H3. The number of benzene rings is 1. The van der Waals surface area contributed by atoms with Crippen LogP contribution >= 0.6 is 11.8 Å². The Morgan fingerprint density at radius 1 is 1.41 bits per heavy atom. The molecule has 2 aromatic rings. The first-order chi connectivity index (χ1) is 10.7. The van der Waals surface area contributed by atoms with Gasteiger partial charge in [0.05, 0.1) is 23.1 Å². The van der Waals surface area contributed by atoms with Crippen LogP contribution in [0.1, 0.15) is 25.8 Å². The number of likely N-dealkylation sites (tertiary alicyclic amines) is 1. The number of halogens is 1. The fourth-order valence-corrected chi connectivity index (χ4v) is 3.53. The molecular weight excluding hydrogens is 301 g/mol. The van der Waals surface area contributed by atoms with Crippen LogP contribution in [0, 0.1) is 5.82 Å². The highest BCUT2D eigenvalue weighted by atomic mass is 32.2. The van der Waals surface area contributed by atoms with Gasteiger partial charge in [0.15, 0.2) is 0 Å². The Morgan fingerprint density at radius 2 is 2.18 bits per heavy atom. The zero-order valence-electron chi connectivity index (χ0n) is 12.7. The van der Waals surface area contributed by atoms with Crippen molar-refractivity contribution in [1.82, 2.24) is 14.5 Å². The molecule has 0 N–H and O–H groups in total. The molecule has 1 fully saturated rings. The third kappa shape index (κ3) is 3.11. The number of fused-ring (bicyclic) bond motifs is 1. The minimum Gasteiger partial charge on any atom is -0.342 e. The van der Waals surface area contributed by atoms with Crippen molar-refractivity contribution in [2.75, 3.05) is 24.6 Å². The second-order valence-corrected chi connectivity index (χ2v) is 6.81. The van der Waals surface area contributed by atoms with E-state index in [4.69, 9.17) is 0 Å². The van der Waals surface area contributed by atoms with E-state index in [2.05, 4.69) is 16.5 Å². The van der Waals surface area contributed by atoms with Crippen molar-refractivity contribution in [3.63, 3.8) is 0 Å². The molecule has 4 nitrogen and oxygen atoms in total. The monoisotopic (exact) mass is 321 g/mol. The molecule has 1 aliphatic rings. The Bertz CT molecular complexity index is 664. The molecular formula is C16H20FN3OS. The van der Waals surface area contributed by atoms with Crippen molar-refractivity contribution in [2.24, 2.45) is 0 Å². The molecule has 3 rings (SSSR count). The predicted molar refractivity (Wildman–Crippen MR) is 87.5 cm³/mol. The topological polar surface area (TPSA) is 38.1 Å². The molecule has 0 saturated carbocycles. The minimum absolute atomic E-state index is 0.229. The molecule has 1 saturated heterocycles. The lowest BCUT2D eigenvalue weighted by atomic mass is 10.0. The molecule has 1 aliphatic heterocycles. The summed E-state index contributed by atoms with van der Waals surface area (Å²) in [5, 5.41) is 0. The van der Waals surface area contributed by atoms with E-state index in [-0.39, 0.29) is 17.8 Å². The lowest BCUT2D eigenvalue weighted by molar-refractivity contribution is -0.129. The number of hydrogen-bond acceptors (Lipinski definition) is 3. The SMILES string of the molecule is CCSCC(=O)N1CCC(n2cnc3ccc(F)cc32)CC1. The Labute approximate surface area is 133 Å². The van der Waals surface area contributed by atoms with Crippen molar-refractivity contribution in [3.05, 3.63) is 30.3 Å².